The van der Waals surface area contributed by atoms with Crippen LogP contribution in [0.5, 0.6) is 0 Å². The monoisotopic (exact) mass is 263 g/mol. The highest BCUT2D eigenvalue weighted by Gasteiger charge is 2.18. The van der Waals surface area contributed by atoms with Crippen LogP contribution in [0, 0.1) is 29.6 Å². The molecule has 1 aliphatic heterocycles. The number of carbonyl (C=O) groups excluding carboxylic acids is 1. The van der Waals surface area contributed by atoms with Crippen molar-refractivity contribution < 1.29 is 4.79 Å². The number of Topliss-reactive ketones (excluding diaryl/α,β-unsaturated/α-hetero) is 1. The Morgan fingerprint density at radius 3 is 2.42 bits per heavy atom. The quantitative estimate of drug-likeness (QED) is 0.709. The van der Waals surface area contributed by atoms with Crippen molar-refractivity contribution in [2.45, 2.75) is 53.4 Å². The van der Waals surface area contributed by atoms with Gasteiger partial charge in [-0.25, -0.2) is 0 Å². The lowest BCUT2D eigenvalue weighted by atomic mass is 9.96. The van der Waals surface area contributed by atoms with Gasteiger partial charge in [-0.2, -0.15) is 0 Å². The summed E-state index contributed by atoms with van der Waals surface area (Å²) in [4.78, 5) is 14.0. The molecule has 0 bridgehead atoms. The topological polar surface area (TPSA) is 20.3 Å². The predicted molar refractivity (Wildman–Crippen MR) is 80.9 cm³/mol. The molecule has 1 saturated heterocycles. The van der Waals surface area contributed by atoms with E-state index in [2.05, 4.69) is 30.6 Å². The summed E-state index contributed by atoms with van der Waals surface area (Å²) in [5, 5.41) is 0. The van der Waals surface area contributed by atoms with Gasteiger partial charge >= 0.3 is 0 Å². The lowest BCUT2D eigenvalue weighted by molar-refractivity contribution is -0.122. The minimum absolute atomic E-state index is 0.180. The minimum atomic E-state index is 0.180. The van der Waals surface area contributed by atoms with Crippen LogP contribution in [0.1, 0.15) is 53.4 Å². The van der Waals surface area contributed by atoms with Crippen LogP contribution in [-0.4, -0.2) is 30.3 Å². The molecule has 2 nitrogen and oxygen atoms in total. The average Bonchev–Trinajstić information content (AvgIpc) is 2.42. The Morgan fingerprint density at radius 2 is 1.89 bits per heavy atom. The van der Waals surface area contributed by atoms with E-state index in [4.69, 9.17) is 0 Å². The molecule has 0 spiro atoms. The van der Waals surface area contributed by atoms with Gasteiger partial charge in [0.1, 0.15) is 5.78 Å². The fourth-order valence-electron chi connectivity index (χ4n) is 2.22. The second-order valence-electron chi connectivity index (χ2n) is 6.08. The number of rotatable bonds is 5. The standard InChI is InChI=1S/C17H29NO/c1-5-15(4)6-7-16-8-11-18(12-9-16)13-10-17(19)14(2)3/h14-16H,5,8-13H2,1-4H3. The molecule has 108 valence electrons. The van der Waals surface area contributed by atoms with Gasteiger partial charge in [0, 0.05) is 30.7 Å². The highest BCUT2D eigenvalue weighted by atomic mass is 16.1. The first-order valence-electron chi connectivity index (χ1n) is 7.79. The van der Waals surface area contributed by atoms with Crippen LogP contribution in [-0.2, 0) is 4.79 Å². The lowest BCUT2D eigenvalue weighted by Crippen LogP contribution is -2.35. The molecule has 0 radical (unpaired) electrons. The Morgan fingerprint density at radius 1 is 1.26 bits per heavy atom. The number of hydrogen-bond donors (Lipinski definition) is 0. The molecule has 2 heteroatoms. The summed E-state index contributed by atoms with van der Waals surface area (Å²) in [5.41, 5.74) is 0. The summed E-state index contributed by atoms with van der Waals surface area (Å²) in [6.07, 6.45) is 4.18. The Balaban J connectivity index is 2.25. The van der Waals surface area contributed by atoms with Crippen molar-refractivity contribution in [3.8, 4) is 11.8 Å². The smallest absolute Gasteiger partial charge is 0.136 e. The maximum atomic E-state index is 11.6. The van der Waals surface area contributed by atoms with E-state index in [-0.39, 0.29) is 5.92 Å². The Kier molecular flexibility index (Phi) is 7.16. The normalized spacial score (nSPS) is 19.0. The van der Waals surface area contributed by atoms with E-state index in [9.17, 15) is 4.79 Å². The minimum Gasteiger partial charge on any atom is -0.303 e. The summed E-state index contributed by atoms with van der Waals surface area (Å²) in [5.74, 6) is 8.46. The molecule has 1 rings (SSSR count). The lowest BCUT2D eigenvalue weighted by Gasteiger charge is -2.29. The van der Waals surface area contributed by atoms with Gasteiger partial charge in [0.2, 0.25) is 0 Å². The van der Waals surface area contributed by atoms with Crippen LogP contribution in [0.15, 0.2) is 0 Å². The van der Waals surface area contributed by atoms with Gasteiger partial charge in [-0.15, -0.1) is 0 Å². The van der Waals surface area contributed by atoms with Crippen LogP contribution < -0.4 is 0 Å². The largest absolute Gasteiger partial charge is 0.303 e. The number of carbonyl (C=O) groups is 1. The van der Waals surface area contributed by atoms with Crippen LogP contribution >= 0.6 is 0 Å². The van der Waals surface area contributed by atoms with Gasteiger partial charge in [-0.05, 0) is 32.4 Å². The Hall–Kier alpha value is -0.810. The molecule has 0 aromatic carbocycles. The molecule has 0 saturated carbocycles. The first kappa shape index (κ1) is 16.2. The van der Waals surface area contributed by atoms with E-state index < -0.39 is 0 Å². The fraction of sp³-hybridized carbons (Fsp3) is 0.824. The van der Waals surface area contributed by atoms with Crippen LogP contribution in [0.4, 0.5) is 0 Å². The van der Waals surface area contributed by atoms with Crippen molar-refractivity contribution in [2.75, 3.05) is 19.6 Å². The van der Waals surface area contributed by atoms with Gasteiger partial charge in [-0.3, -0.25) is 4.79 Å². The van der Waals surface area contributed by atoms with Gasteiger partial charge < -0.3 is 4.90 Å². The van der Waals surface area contributed by atoms with Crippen LogP contribution in [0.3, 0.4) is 0 Å². The first-order valence-corrected chi connectivity index (χ1v) is 7.79. The third-order valence-electron chi connectivity index (χ3n) is 4.05. The van der Waals surface area contributed by atoms with Crippen molar-refractivity contribution in [2.24, 2.45) is 17.8 Å². The third kappa shape index (κ3) is 6.25. The first-order chi connectivity index (χ1) is 9.02. The molecule has 0 aliphatic carbocycles. The zero-order valence-corrected chi connectivity index (χ0v) is 13.0. The predicted octanol–water partition coefficient (Wildman–Crippen LogP) is 3.36. The Labute approximate surface area is 118 Å². The van der Waals surface area contributed by atoms with E-state index >= 15 is 0 Å². The molecule has 1 unspecified atom stereocenters. The van der Waals surface area contributed by atoms with E-state index in [1.54, 1.807) is 0 Å². The van der Waals surface area contributed by atoms with E-state index in [1.165, 1.54) is 12.8 Å². The molecule has 1 atom stereocenters. The van der Waals surface area contributed by atoms with E-state index in [0.717, 1.165) is 26.1 Å². The highest BCUT2D eigenvalue weighted by molar-refractivity contribution is 5.80. The number of nitrogens with zero attached hydrogens (tertiary/aromatic N) is 1. The van der Waals surface area contributed by atoms with Gasteiger partial charge in [0.05, 0.1) is 0 Å². The molecule has 0 N–H and O–H groups in total. The van der Waals surface area contributed by atoms with Crippen molar-refractivity contribution in [1.29, 1.82) is 0 Å². The summed E-state index contributed by atoms with van der Waals surface area (Å²) < 4.78 is 0. The van der Waals surface area contributed by atoms with Gasteiger partial charge in [-0.1, -0.05) is 39.5 Å². The molecule has 0 amide bonds. The number of likely N-dealkylation sites (tertiary alicyclic amines) is 1. The van der Waals surface area contributed by atoms with Gasteiger partial charge in [0.15, 0.2) is 0 Å². The molecule has 19 heavy (non-hydrogen) atoms. The number of piperidine rings is 1. The van der Waals surface area contributed by atoms with Crippen molar-refractivity contribution in [1.82, 2.24) is 4.90 Å². The van der Waals surface area contributed by atoms with E-state index in [0.29, 0.717) is 24.0 Å². The molecular weight excluding hydrogens is 234 g/mol. The van der Waals surface area contributed by atoms with Crippen molar-refractivity contribution in [3.63, 3.8) is 0 Å². The summed E-state index contributed by atoms with van der Waals surface area (Å²) in [6, 6.07) is 0. The summed E-state index contributed by atoms with van der Waals surface area (Å²) in [7, 11) is 0. The SMILES string of the molecule is CCC(C)C#CC1CCN(CCC(=O)C(C)C)CC1. The molecule has 1 aliphatic rings. The van der Waals surface area contributed by atoms with Gasteiger partial charge in [0.25, 0.3) is 0 Å². The highest BCUT2D eigenvalue weighted by Crippen LogP contribution is 2.17. The second-order valence-corrected chi connectivity index (χ2v) is 6.08. The van der Waals surface area contributed by atoms with Crippen molar-refractivity contribution in [3.05, 3.63) is 0 Å². The molecule has 0 aromatic rings. The fourth-order valence-corrected chi connectivity index (χ4v) is 2.22. The third-order valence-corrected chi connectivity index (χ3v) is 4.05. The average molecular weight is 263 g/mol. The molecular formula is C17H29NO. The van der Waals surface area contributed by atoms with E-state index in [1.807, 2.05) is 13.8 Å². The molecule has 1 fully saturated rings. The van der Waals surface area contributed by atoms with Crippen LogP contribution in [0.25, 0.3) is 0 Å². The summed E-state index contributed by atoms with van der Waals surface area (Å²) >= 11 is 0. The van der Waals surface area contributed by atoms with Crippen LogP contribution in [0.2, 0.25) is 0 Å². The second kappa shape index (κ2) is 8.38. The number of hydrogen-bond acceptors (Lipinski definition) is 2. The zero-order chi connectivity index (χ0) is 14.3. The summed E-state index contributed by atoms with van der Waals surface area (Å²) in [6.45, 7) is 11.5. The molecule has 1 heterocycles. The maximum absolute atomic E-state index is 11.6. The maximum Gasteiger partial charge on any atom is 0.136 e. The number of ketones is 1. The molecule has 0 aromatic heterocycles. The van der Waals surface area contributed by atoms with Crippen molar-refractivity contribution >= 4 is 5.78 Å². The zero-order valence-electron chi connectivity index (χ0n) is 13.0. The Bertz CT molecular complexity index is 329.